The van der Waals surface area contributed by atoms with E-state index in [0.717, 1.165) is 6.07 Å². The maximum atomic E-state index is 12.9. The average molecular weight is 291 g/mol. The predicted molar refractivity (Wildman–Crippen MR) is 70.4 cm³/mol. The highest BCUT2D eigenvalue weighted by molar-refractivity contribution is 5.31. The molecule has 0 aliphatic carbocycles. The van der Waals surface area contributed by atoms with Crippen molar-refractivity contribution in [3.8, 4) is 0 Å². The largest absolute Gasteiger partial charge is 0.416 e. The van der Waals surface area contributed by atoms with E-state index in [-0.39, 0.29) is 24.8 Å². The van der Waals surface area contributed by atoms with E-state index in [1.165, 1.54) is 12.1 Å². The molecule has 0 saturated heterocycles. The summed E-state index contributed by atoms with van der Waals surface area (Å²) in [6.07, 6.45) is -3.66. The van der Waals surface area contributed by atoms with Crippen LogP contribution in [0.1, 0.15) is 30.5 Å². The molecule has 3 nitrogen and oxygen atoms in total. The highest BCUT2D eigenvalue weighted by Crippen LogP contribution is 2.34. The molecule has 0 fully saturated rings. The minimum atomic E-state index is -4.34. The van der Waals surface area contributed by atoms with Crippen molar-refractivity contribution in [3.63, 3.8) is 0 Å². The smallest absolute Gasteiger partial charge is 0.394 e. The molecule has 2 N–H and O–H groups in total. The molecule has 0 amide bonds. The lowest BCUT2D eigenvalue weighted by Gasteiger charge is -2.19. The van der Waals surface area contributed by atoms with E-state index in [4.69, 9.17) is 9.84 Å². The minimum absolute atomic E-state index is 0.0250. The first-order valence-corrected chi connectivity index (χ1v) is 6.55. The van der Waals surface area contributed by atoms with Gasteiger partial charge < -0.3 is 15.2 Å². The standard InChI is InChI=1S/C14H20F3NO2/c1-11(18-7-4-9-20-10-8-19)12-5-2-3-6-13(12)14(15,16)17/h2-3,5-6,11,18-19H,4,7-10H2,1H3. The molecule has 0 radical (unpaired) electrons. The third-order valence-corrected chi connectivity index (χ3v) is 2.88. The van der Waals surface area contributed by atoms with Gasteiger partial charge in [-0.15, -0.1) is 0 Å². The van der Waals surface area contributed by atoms with E-state index in [1.807, 2.05) is 0 Å². The predicted octanol–water partition coefficient (Wildman–Crippen LogP) is 2.76. The van der Waals surface area contributed by atoms with Gasteiger partial charge in [-0.2, -0.15) is 13.2 Å². The number of alkyl halides is 3. The van der Waals surface area contributed by atoms with Gasteiger partial charge in [-0.25, -0.2) is 0 Å². The second-order valence-electron chi connectivity index (χ2n) is 4.45. The summed E-state index contributed by atoms with van der Waals surface area (Å²) in [5.41, 5.74) is -0.354. The van der Waals surface area contributed by atoms with Crippen molar-refractivity contribution in [2.75, 3.05) is 26.4 Å². The summed E-state index contributed by atoms with van der Waals surface area (Å²) in [7, 11) is 0. The van der Waals surface area contributed by atoms with Gasteiger partial charge >= 0.3 is 6.18 Å². The highest BCUT2D eigenvalue weighted by atomic mass is 19.4. The van der Waals surface area contributed by atoms with Crippen LogP contribution in [-0.4, -0.2) is 31.5 Å². The zero-order chi connectivity index (χ0) is 15.0. The third kappa shape index (κ3) is 5.48. The first kappa shape index (κ1) is 16.9. The average Bonchev–Trinajstić information content (AvgIpc) is 2.41. The van der Waals surface area contributed by atoms with Gasteiger partial charge in [-0.1, -0.05) is 18.2 Å². The van der Waals surface area contributed by atoms with Crippen molar-refractivity contribution in [2.24, 2.45) is 0 Å². The molecular formula is C14H20F3NO2. The van der Waals surface area contributed by atoms with E-state index in [0.29, 0.717) is 19.6 Å². The number of rotatable bonds is 8. The monoisotopic (exact) mass is 291 g/mol. The zero-order valence-corrected chi connectivity index (χ0v) is 11.4. The molecule has 0 aliphatic rings. The number of benzene rings is 1. The number of hydrogen-bond acceptors (Lipinski definition) is 3. The summed E-state index contributed by atoms with van der Waals surface area (Å²) in [6, 6.07) is 5.20. The molecule has 0 aliphatic heterocycles. The number of ether oxygens (including phenoxy) is 1. The Morgan fingerprint density at radius 2 is 1.95 bits per heavy atom. The van der Waals surface area contributed by atoms with Gasteiger partial charge in [0.15, 0.2) is 0 Å². The topological polar surface area (TPSA) is 41.5 Å². The van der Waals surface area contributed by atoms with Gasteiger partial charge in [-0.05, 0) is 31.5 Å². The number of nitrogens with one attached hydrogen (secondary N) is 1. The highest BCUT2D eigenvalue weighted by Gasteiger charge is 2.33. The van der Waals surface area contributed by atoms with Crippen LogP contribution in [0.5, 0.6) is 0 Å². The van der Waals surface area contributed by atoms with Gasteiger partial charge in [0, 0.05) is 12.6 Å². The molecule has 1 atom stereocenters. The second kappa shape index (κ2) is 8.24. The fourth-order valence-corrected chi connectivity index (χ4v) is 1.90. The Bertz CT molecular complexity index is 396. The van der Waals surface area contributed by atoms with Crippen molar-refractivity contribution in [2.45, 2.75) is 25.6 Å². The van der Waals surface area contributed by atoms with E-state index in [9.17, 15) is 13.2 Å². The Morgan fingerprint density at radius 1 is 1.25 bits per heavy atom. The zero-order valence-electron chi connectivity index (χ0n) is 11.4. The molecule has 0 bridgehead atoms. The van der Waals surface area contributed by atoms with Gasteiger partial charge in [0.25, 0.3) is 0 Å². The first-order valence-electron chi connectivity index (χ1n) is 6.55. The van der Waals surface area contributed by atoms with Crippen LogP contribution in [0.25, 0.3) is 0 Å². The van der Waals surface area contributed by atoms with E-state index >= 15 is 0 Å². The van der Waals surface area contributed by atoms with Crippen molar-refractivity contribution in [3.05, 3.63) is 35.4 Å². The van der Waals surface area contributed by atoms with E-state index in [2.05, 4.69) is 5.32 Å². The Kier molecular flexibility index (Phi) is 6.98. The van der Waals surface area contributed by atoms with Gasteiger partial charge in [0.1, 0.15) is 0 Å². The summed E-state index contributed by atoms with van der Waals surface area (Å²) in [5, 5.41) is 11.6. The Hall–Kier alpha value is -1.11. The summed E-state index contributed by atoms with van der Waals surface area (Å²) >= 11 is 0. The fourth-order valence-electron chi connectivity index (χ4n) is 1.90. The molecule has 0 spiro atoms. The Morgan fingerprint density at radius 3 is 2.60 bits per heavy atom. The summed E-state index contributed by atoms with van der Waals surface area (Å²) in [5.74, 6) is 0. The normalized spacial score (nSPS) is 13.4. The van der Waals surface area contributed by atoms with Gasteiger partial charge in [-0.3, -0.25) is 0 Å². The van der Waals surface area contributed by atoms with Crippen molar-refractivity contribution in [1.82, 2.24) is 5.32 Å². The van der Waals surface area contributed by atoms with Crippen molar-refractivity contribution >= 4 is 0 Å². The SMILES string of the molecule is CC(NCCCOCCO)c1ccccc1C(F)(F)F. The lowest BCUT2D eigenvalue weighted by molar-refractivity contribution is -0.138. The molecule has 1 rings (SSSR count). The Balaban J connectivity index is 2.49. The summed E-state index contributed by atoms with van der Waals surface area (Å²) in [4.78, 5) is 0. The van der Waals surface area contributed by atoms with Crippen LogP contribution in [0.3, 0.4) is 0 Å². The number of aliphatic hydroxyl groups excluding tert-OH is 1. The number of halogens is 3. The van der Waals surface area contributed by atoms with Crippen LogP contribution in [0, 0.1) is 0 Å². The molecule has 1 aromatic rings. The van der Waals surface area contributed by atoms with Crippen LogP contribution in [0.15, 0.2) is 24.3 Å². The Labute approximate surface area is 116 Å². The maximum Gasteiger partial charge on any atom is 0.416 e. The molecule has 0 heterocycles. The summed E-state index contributed by atoms with van der Waals surface area (Å²) in [6.45, 7) is 2.99. The molecule has 1 aromatic carbocycles. The molecule has 1 unspecified atom stereocenters. The van der Waals surface area contributed by atoms with Gasteiger partial charge in [0.2, 0.25) is 0 Å². The van der Waals surface area contributed by atoms with Crippen LogP contribution >= 0.6 is 0 Å². The lowest BCUT2D eigenvalue weighted by atomic mass is 10.0. The van der Waals surface area contributed by atoms with Crippen molar-refractivity contribution < 1.29 is 23.0 Å². The van der Waals surface area contributed by atoms with Crippen LogP contribution < -0.4 is 5.32 Å². The first-order chi connectivity index (χ1) is 9.46. The van der Waals surface area contributed by atoms with Crippen LogP contribution in [-0.2, 0) is 10.9 Å². The summed E-state index contributed by atoms with van der Waals surface area (Å²) < 4.78 is 43.7. The molecule has 6 heteroatoms. The molecule has 114 valence electrons. The fraction of sp³-hybridized carbons (Fsp3) is 0.571. The third-order valence-electron chi connectivity index (χ3n) is 2.88. The van der Waals surface area contributed by atoms with Gasteiger partial charge in [0.05, 0.1) is 18.8 Å². The molecular weight excluding hydrogens is 271 g/mol. The number of hydrogen-bond donors (Lipinski definition) is 2. The van der Waals surface area contributed by atoms with Crippen LogP contribution in [0.4, 0.5) is 13.2 Å². The maximum absolute atomic E-state index is 12.9. The second-order valence-corrected chi connectivity index (χ2v) is 4.45. The molecule has 0 saturated carbocycles. The van der Waals surface area contributed by atoms with Crippen molar-refractivity contribution in [1.29, 1.82) is 0 Å². The number of aliphatic hydroxyl groups is 1. The van der Waals surface area contributed by atoms with E-state index < -0.39 is 11.7 Å². The minimum Gasteiger partial charge on any atom is -0.394 e. The quantitative estimate of drug-likeness (QED) is 0.724. The van der Waals surface area contributed by atoms with E-state index in [1.54, 1.807) is 13.0 Å². The van der Waals surface area contributed by atoms with Crippen LogP contribution in [0.2, 0.25) is 0 Å². The molecule has 20 heavy (non-hydrogen) atoms. The molecule has 0 aromatic heterocycles. The lowest BCUT2D eigenvalue weighted by Crippen LogP contribution is -2.23.